The summed E-state index contributed by atoms with van der Waals surface area (Å²) in [6.07, 6.45) is -2.77. The van der Waals surface area contributed by atoms with Crippen molar-refractivity contribution in [2.45, 2.75) is 38.0 Å². The minimum atomic E-state index is -4.53. The van der Waals surface area contributed by atoms with E-state index < -0.39 is 17.5 Å². The van der Waals surface area contributed by atoms with Gasteiger partial charge in [-0.25, -0.2) is 0 Å². The predicted octanol–water partition coefficient (Wildman–Crippen LogP) is 3.04. The average Bonchev–Trinajstić information content (AvgIpc) is 2.62. The maximum atomic E-state index is 12.9. The molecular weight excluding hydrogens is 373 g/mol. The van der Waals surface area contributed by atoms with E-state index in [0.29, 0.717) is 17.6 Å². The highest BCUT2D eigenvalue weighted by molar-refractivity contribution is 5.71. The number of aliphatic hydroxyl groups is 1. The number of phenols is 1. The lowest BCUT2D eigenvalue weighted by Crippen LogP contribution is -2.47. The lowest BCUT2D eigenvalue weighted by molar-refractivity contribution is -0.137. The molecule has 3 rings (SSSR count). The molecule has 3 N–H and O–H groups in total. The third-order valence-electron chi connectivity index (χ3n) is 5.11. The minimum Gasteiger partial charge on any atom is -0.507 e. The first-order chi connectivity index (χ1) is 13.2. The maximum absolute atomic E-state index is 12.9. The van der Waals surface area contributed by atoms with Crippen molar-refractivity contribution in [1.29, 1.82) is 0 Å². The van der Waals surface area contributed by atoms with Gasteiger partial charge in [0.25, 0.3) is 0 Å². The number of hydrogen-bond donors (Lipinski definition) is 3. The number of alkyl halides is 3. The highest BCUT2D eigenvalue weighted by Crippen LogP contribution is 2.38. The summed E-state index contributed by atoms with van der Waals surface area (Å²) in [6, 6.07) is 5.32. The fraction of sp³-hybridized carbons (Fsp3) is 0.474. The fourth-order valence-corrected chi connectivity index (χ4v) is 3.57. The molecule has 1 aliphatic rings. The quantitative estimate of drug-likeness (QED) is 0.737. The smallest absolute Gasteiger partial charge is 0.416 e. The molecule has 0 amide bonds. The van der Waals surface area contributed by atoms with E-state index in [1.807, 2.05) is 7.05 Å². The lowest BCUT2D eigenvalue weighted by Gasteiger charge is -2.36. The topological polar surface area (TPSA) is 81.5 Å². The number of likely N-dealkylation sites (tertiary alicyclic amines) is 1. The number of aromatic nitrogens is 2. The van der Waals surface area contributed by atoms with Crippen molar-refractivity contribution >= 4 is 5.82 Å². The molecule has 0 saturated carbocycles. The van der Waals surface area contributed by atoms with Crippen LogP contribution in [0, 0.1) is 6.92 Å². The summed E-state index contributed by atoms with van der Waals surface area (Å²) in [4.78, 5) is 2.09. The van der Waals surface area contributed by atoms with Gasteiger partial charge in [-0.3, -0.25) is 4.90 Å². The fourth-order valence-electron chi connectivity index (χ4n) is 3.57. The molecule has 0 bridgehead atoms. The van der Waals surface area contributed by atoms with Crippen LogP contribution in [0.5, 0.6) is 5.75 Å². The van der Waals surface area contributed by atoms with E-state index in [-0.39, 0.29) is 29.8 Å². The molecule has 2 atom stereocenters. The van der Waals surface area contributed by atoms with Gasteiger partial charge in [0.2, 0.25) is 0 Å². The Morgan fingerprint density at radius 3 is 2.50 bits per heavy atom. The summed E-state index contributed by atoms with van der Waals surface area (Å²) in [5.74, 6) is 0.0694. The van der Waals surface area contributed by atoms with Crippen LogP contribution in [0.15, 0.2) is 24.3 Å². The number of hydrogen-bond acceptors (Lipinski definition) is 6. The molecule has 152 valence electrons. The Balaban J connectivity index is 1.75. The molecule has 2 aromatic rings. The Morgan fingerprint density at radius 1 is 1.21 bits per heavy atom. The summed E-state index contributed by atoms with van der Waals surface area (Å²) in [5.41, 5.74) is -0.1000. The predicted molar refractivity (Wildman–Crippen MR) is 99.0 cm³/mol. The first-order valence-corrected chi connectivity index (χ1v) is 9.01. The summed E-state index contributed by atoms with van der Waals surface area (Å²) in [7, 11) is 1.96. The van der Waals surface area contributed by atoms with Gasteiger partial charge in [-0.1, -0.05) is 0 Å². The van der Waals surface area contributed by atoms with Crippen molar-refractivity contribution in [3.63, 3.8) is 0 Å². The van der Waals surface area contributed by atoms with Gasteiger partial charge in [0.1, 0.15) is 11.6 Å². The largest absolute Gasteiger partial charge is 0.507 e. The zero-order valence-corrected chi connectivity index (χ0v) is 15.7. The Labute approximate surface area is 161 Å². The molecular formula is C19H23F3N4O2. The number of aliphatic hydroxyl groups excluding tert-OH is 1. The van der Waals surface area contributed by atoms with Gasteiger partial charge in [-0.2, -0.15) is 13.2 Å². The number of nitrogens with zero attached hydrogens (tertiary/aromatic N) is 3. The Morgan fingerprint density at radius 2 is 1.96 bits per heavy atom. The SMILES string of the molecule is Cc1cc(C(F)(F)F)cc(O)c1-c1ccc(N[C@@H]2CC[C@H](CO)N(C)C2)nn1. The van der Waals surface area contributed by atoms with Gasteiger partial charge in [-0.05, 0) is 56.6 Å². The standard InChI is InChI=1S/C19H23F3N4O2/c1-11-7-12(19(20,21)22)8-16(28)18(11)15-5-6-17(25-24-15)23-13-3-4-14(10-27)26(2)9-13/h5-8,13-14,27-28H,3-4,9-10H2,1-2H3,(H,23,25)/t13-,14-/m1/s1. The highest BCUT2D eigenvalue weighted by atomic mass is 19.4. The Hall–Kier alpha value is -2.39. The maximum Gasteiger partial charge on any atom is 0.416 e. The normalized spacial score (nSPS) is 20.9. The van der Waals surface area contributed by atoms with Crippen LogP contribution in [-0.4, -0.2) is 57.6 Å². The molecule has 1 saturated heterocycles. The number of nitrogens with one attached hydrogen (secondary N) is 1. The first kappa shape index (κ1) is 20.3. The van der Waals surface area contributed by atoms with Crippen LogP contribution in [0.1, 0.15) is 24.0 Å². The molecule has 6 nitrogen and oxygen atoms in total. The molecule has 1 fully saturated rings. The minimum absolute atomic E-state index is 0.133. The van der Waals surface area contributed by atoms with Crippen LogP contribution in [0.2, 0.25) is 0 Å². The number of piperidine rings is 1. The number of rotatable bonds is 4. The van der Waals surface area contributed by atoms with Crippen LogP contribution < -0.4 is 5.32 Å². The van der Waals surface area contributed by atoms with Gasteiger partial charge < -0.3 is 15.5 Å². The number of likely N-dealkylation sites (N-methyl/N-ethyl adjacent to an activating group) is 1. The molecule has 1 aromatic carbocycles. The van der Waals surface area contributed by atoms with E-state index in [9.17, 15) is 23.4 Å². The first-order valence-electron chi connectivity index (χ1n) is 9.01. The summed E-state index contributed by atoms with van der Waals surface area (Å²) < 4.78 is 38.6. The number of benzene rings is 1. The zero-order chi connectivity index (χ0) is 20.5. The number of aryl methyl sites for hydroxylation is 1. The zero-order valence-electron chi connectivity index (χ0n) is 15.7. The third kappa shape index (κ3) is 4.36. The van der Waals surface area contributed by atoms with Gasteiger partial charge in [0.05, 0.1) is 17.9 Å². The van der Waals surface area contributed by atoms with Gasteiger partial charge in [0, 0.05) is 24.2 Å². The van der Waals surface area contributed by atoms with E-state index in [4.69, 9.17) is 0 Å². The van der Waals surface area contributed by atoms with Crippen LogP contribution in [0.3, 0.4) is 0 Å². The molecule has 0 radical (unpaired) electrons. The molecule has 0 unspecified atom stereocenters. The van der Waals surface area contributed by atoms with Crippen LogP contribution in [0.4, 0.5) is 19.0 Å². The van der Waals surface area contributed by atoms with Crippen molar-refractivity contribution in [1.82, 2.24) is 15.1 Å². The van der Waals surface area contributed by atoms with E-state index in [1.54, 1.807) is 12.1 Å². The van der Waals surface area contributed by atoms with E-state index in [2.05, 4.69) is 20.4 Å². The monoisotopic (exact) mass is 396 g/mol. The van der Waals surface area contributed by atoms with Crippen molar-refractivity contribution in [2.75, 3.05) is 25.5 Å². The van der Waals surface area contributed by atoms with Gasteiger partial charge in [-0.15, -0.1) is 10.2 Å². The van der Waals surface area contributed by atoms with Crippen molar-refractivity contribution in [2.24, 2.45) is 0 Å². The van der Waals surface area contributed by atoms with Gasteiger partial charge in [0.15, 0.2) is 0 Å². The number of halogens is 3. The average molecular weight is 396 g/mol. The molecule has 0 spiro atoms. The van der Waals surface area contributed by atoms with E-state index in [0.717, 1.165) is 25.5 Å². The van der Waals surface area contributed by atoms with Crippen molar-refractivity contribution in [3.05, 3.63) is 35.4 Å². The van der Waals surface area contributed by atoms with Crippen LogP contribution >= 0.6 is 0 Å². The van der Waals surface area contributed by atoms with Crippen LogP contribution in [0.25, 0.3) is 11.3 Å². The third-order valence-corrected chi connectivity index (χ3v) is 5.11. The highest BCUT2D eigenvalue weighted by Gasteiger charge is 2.32. The van der Waals surface area contributed by atoms with Crippen molar-refractivity contribution in [3.8, 4) is 17.0 Å². The summed E-state index contributed by atoms with van der Waals surface area (Å²) >= 11 is 0. The number of phenolic OH excluding ortho intramolecular Hbond substituents is 1. The molecule has 1 aromatic heterocycles. The molecule has 1 aliphatic heterocycles. The Kier molecular flexibility index (Phi) is 5.76. The summed E-state index contributed by atoms with van der Waals surface area (Å²) in [6.45, 7) is 2.38. The second-order valence-corrected chi connectivity index (χ2v) is 7.18. The van der Waals surface area contributed by atoms with E-state index in [1.165, 1.54) is 6.92 Å². The van der Waals surface area contributed by atoms with Crippen molar-refractivity contribution < 1.29 is 23.4 Å². The molecule has 28 heavy (non-hydrogen) atoms. The molecule has 0 aliphatic carbocycles. The number of anilines is 1. The Bertz CT molecular complexity index is 804. The second-order valence-electron chi connectivity index (χ2n) is 7.18. The van der Waals surface area contributed by atoms with E-state index >= 15 is 0 Å². The van der Waals surface area contributed by atoms with Crippen LogP contribution in [-0.2, 0) is 6.18 Å². The van der Waals surface area contributed by atoms with Gasteiger partial charge >= 0.3 is 6.18 Å². The molecule has 9 heteroatoms. The second kappa shape index (κ2) is 7.92. The number of aromatic hydroxyl groups is 1. The lowest BCUT2D eigenvalue weighted by atomic mass is 9.99. The summed E-state index contributed by atoms with van der Waals surface area (Å²) in [5, 5.41) is 30.9. The molecule has 2 heterocycles.